The maximum atomic E-state index is 12.3. The summed E-state index contributed by atoms with van der Waals surface area (Å²) in [5.41, 5.74) is 0.836. The highest BCUT2D eigenvalue weighted by atomic mass is 16.6. The van der Waals surface area contributed by atoms with E-state index in [1.54, 1.807) is 12.1 Å². The first kappa shape index (κ1) is 16.6. The minimum Gasteiger partial charge on any atom is -0.486 e. The van der Waals surface area contributed by atoms with Gasteiger partial charge in [-0.05, 0) is 37.1 Å². The van der Waals surface area contributed by atoms with Crippen LogP contribution in [0.3, 0.4) is 0 Å². The van der Waals surface area contributed by atoms with Crippen molar-refractivity contribution < 1.29 is 14.3 Å². The van der Waals surface area contributed by atoms with Crippen LogP contribution >= 0.6 is 0 Å². The van der Waals surface area contributed by atoms with Crippen molar-refractivity contribution in [3.63, 3.8) is 0 Å². The molecule has 2 aromatic rings. The summed E-state index contributed by atoms with van der Waals surface area (Å²) in [4.78, 5) is 12.3. The summed E-state index contributed by atoms with van der Waals surface area (Å²) in [7, 11) is 0. The van der Waals surface area contributed by atoms with Gasteiger partial charge in [-0.2, -0.15) is 0 Å². The molecule has 136 valence electrons. The molecule has 2 N–H and O–H groups in total. The van der Waals surface area contributed by atoms with Gasteiger partial charge in [0.05, 0.1) is 0 Å². The molecule has 0 spiro atoms. The maximum absolute atomic E-state index is 12.3. The van der Waals surface area contributed by atoms with Gasteiger partial charge in [0.1, 0.15) is 13.2 Å². The second-order valence-corrected chi connectivity index (χ2v) is 6.61. The molecule has 26 heavy (non-hydrogen) atoms. The van der Waals surface area contributed by atoms with Crippen molar-refractivity contribution >= 4 is 23.2 Å². The first-order valence-electron chi connectivity index (χ1n) is 9.09. The number of nitrogens with one attached hydrogen (secondary N) is 2. The summed E-state index contributed by atoms with van der Waals surface area (Å²) in [6.07, 6.45) is 5.40. The van der Waals surface area contributed by atoms with Gasteiger partial charge in [0, 0.05) is 17.7 Å². The molecule has 2 aliphatic rings. The Morgan fingerprint density at radius 1 is 0.923 bits per heavy atom. The van der Waals surface area contributed by atoms with Crippen LogP contribution in [0.25, 0.3) is 0 Å². The minimum atomic E-state index is 0.0477. The summed E-state index contributed by atoms with van der Waals surface area (Å²) in [5.74, 6) is 2.68. The molecule has 0 unspecified atom stereocenters. The van der Waals surface area contributed by atoms with Gasteiger partial charge in [0.15, 0.2) is 23.1 Å². The molecule has 7 heteroatoms. The molecule has 0 saturated heterocycles. The van der Waals surface area contributed by atoms with E-state index in [1.807, 2.05) is 18.2 Å². The number of amides is 1. The van der Waals surface area contributed by atoms with Crippen LogP contribution in [0.1, 0.15) is 32.1 Å². The topological polar surface area (TPSA) is 85.4 Å². The second-order valence-electron chi connectivity index (χ2n) is 6.61. The molecular formula is C19H22N4O3. The van der Waals surface area contributed by atoms with Crippen molar-refractivity contribution in [2.24, 2.45) is 5.92 Å². The van der Waals surface area contributed by atoms with E-state index < -0.39 is 0 Å². The molecule has 4 rings (SSSR count). The van der Waals surface area contributed by atoms with Crippen LogP contribution in [0.2, 0.25) is 0 Å². The largest absolute Gasteiger partial charge is 0.486 e. The van der Waals surface area contributed by atoms with E-state index in [4.69, 9.17) is 9.47 Å². The van der Waals surface area contributed by atoms with Crippen LogP contribution < -0.4 is 20.1 Å². The summed E-state index contributed by atoms with van der Waals surface area (Å²) in [5, 5.41) is 14.3. The van der Waals surface area contributed by atoms with Gasteiger partial charge in [-0.3, -0.25) is 4.79 Å². The van der Waals surface area contributed by atoms with Gasteiger partial charge in [0.2, 0.25) is 5.91 Å². The fourth-order valence-electron chi connectivity index (χ4n) is 3.33. The number of hydrogen-bond donors (Lipinski definition) is 2. The van der Waals surface area contributed by atoms with Crippen LogP contribution in [-0.2, 0) is 4.79 Å². The standard InChI is InChI=1S/C19H22N4O3/c24-19(13-4-2-1-3-5-13)21-18-9-8-17(22-23-18)20-14-6-7-15-16(12-14)26-11-10-25-15/h6-9,12-13H,1-5,10-11H2,(H,20,22)(H,21,23,24). The zero-order valence-electron chi connectivity index (χ0n) is 14.5. The fourth-order valence-corrected chi connectivity index (χ4v) is 3.33. The van der Waals surface area contributed by atoms with Crippen LogP contribution in [0.5, 0.6) is 11.5 Å². The number of anilines is 3. The Labute approximate surface area is 152 Å². The van der Waals surface area contributed by atoms with Crippen molar-refractivity contribution in [2.45, 2.75) is 32.1 Å². The number of aromatic nitrogens is 2. The van der Waals surface area contributed by atoms with E-state index >= 15 is 0 Å². The second kappa shape index (κ2) is 7.59. The molecule has 0 atom stereocenters. The van der Waals surface area contributed by atoms with E-state index in [9.17, 15) is 4.79 Å². The van der Waals surface area contributed by atoms with Gasteiger partial charge >= 0.3 is 0 Å². The Balaban J connectivity index is 1.37. The Hall–Kier alpha value is -2.83. The fraction of sp³-hybridized carbons (Fsp3) is 0.421. The van der Waals surface area contributed by atoms with Gasteiger partial charge < -0.3 is 20.1 Å². The summed E-state index contributed by atoms with van der Waals surface area (Å²) < 4.78 is 11.1. The van der Waals surface area contributed by atoms with E-state index in [2.05, 4.69) is 20.8 Å². The molecule has 1 amide bonds. The third-order valence-corrected chi connectivity index (χ3v) is 4.71. The normalized spacial score (nSPS) is 16.8. The number of carbonyl (C=O) groups excluding carboxylic acids is 1. The predicted octanol–water partition coefficient (Wildman–Crippen LogP) is 3.51. The summed E-state index contributed by atoms with van der Waals surface area (Å²) >= 11 is 0. The third kappa shape index (κ3) is 3.87. The highest BCUT2D eigenvalue weighted by Crippen LogP contribution is 2.33. The van der Waals surface area contributed by atoms with Crippen molar-refractivity contribution in [2.75, 3.05) is 23.8 Å². The number of nitrogens with zero attached hydrogens (tertiary/aromatic N) is 2. The Bertz CT molecular complexity index is 773. The quantitative estimate of drug-likeness (QED) is 0.874. The minimum absolute atomic E-state index is 0.0477. The zero-order valence-corrected chi connectivity index (χ0v) is 14.5. The molecule has 0 radical (unpaired) electrons. The van der Waals surface area contributed by atoms with Crippen molar-refractivity contribution in [3.8, 4) is 11.5 Å². The van der Waals surface area contributed by atoms with E-state index in [0.717, 1.165) is 37.1 Å². The van der Waals surface area contributed by atoms with Gasteiger partial charge in [-0.1, -0.05) is 19.3 Å². The van der Waals surface area contributed by atoms with Crippen molar-refractivity contribution in [1.29, 1.82) is 0 Å². The molecule has 0 bridgehead atoms. The lowest BCUT2D eigenvalue weighted by Gasteiger charge is -2.20. The number of ether oxygens (including phenoxy) is 2. The molecule has 1 aliphatic carbocycles. The van der Waals surface area contributed by atoms with E-state index in [0.29, 0.717) is 30.6 Å². The Morgan fingerprint density at radius 2 is 1.65 bits per heavy atom. The van der Waals surface area contributed by atoms with Crippen molar-refractivity contribution in [1.82, 2.24) is 10.2 Å². The van der Waals surface area contributed by atoms with Crippen molar-refractivity contribution in [3.05, 3.63) is 30.3 Å². The Morgan fingerprint density at radius 3 is 2.42 bits per heavy atom. The zero-order chi connectivity index (χ0) is 17.8. The van der Waals surface area contributed by atoms with E-state index in [-0.39, 0.29) is 11.8 Å². The first-order valence-corrected chi connectivity index (χ1v) is 9.09. The first-order chi connectivity index (χ1) is 12.8. The van der Waals surface area contributed by atoms with Gasteiger partial charge in [-0.25, -0.2) is 0 Å². The lowest BCUT2D eigenvalue weighted by atomic mass is 9.89. The average molecular weight is 354 g/mol. The lowest BCUT2D eigenvalue weighted by molar-refractivity contribution is -0.120. The Kier molecular flexibility index (Phi) is 4.86. The van der Waals surface area contributed by atoms with Crippen LogP contribution in [-0.4, -0.2) is 29.3 Å². The number of benzene rings is 1. The molecule has 2 heterocycles. The van der Waals surface area contributed by atoms with Gasteiger partial charge in [-0.15, -0.1) is 10.2 Å². The number of rotatable bonds is 4. The molecular weight excluding hydrogens is 332 g/mol. The van der Waals surface area contributed by atoms with E-state index in [1.165, 1.54) is 6.42 Å². The molecule has 1 aromatic heterocycles. The average Bonchev–Trinajstić information content (AvgIpc) is 2.70. The highest BCUT2D eigenvalue weighted by Gasteiger charge is 2.21. The summed E-state index contributed by atoms with van der Waals surface area (Å²) in [6.45, 7) is 1.12. The molecule has 1 aromatic carbocycles. The highest BCUT2D eigenvalue weighted by molar-refractivity contribution is 5.91. The number of hydrogen-bond acceptors (Lipinski definition) is 6. The smallest absolute Gasteiger partial charge is 0.228 e. The summed E-state index contributed by atoms with van der Waals surface area (Å²) in [6, 6.07) is 9.18. The number of fused-ring (bicyclic) bond motifs is 1. The number of carbonyl (C=O) groups is 1. The van der Waals surface area contributed by atoms with Crippen LogP contribution in [0.4, 0.5) is 17.3 Å². The molecule has 1 fully saturated rings. The molecule has 1 saturated carbocycles. The third-order valence-electron chi connectivity index (χ3n) is 4.71. The monoisotopic (exact) mass is 354 g/mol. The maximum Gasteiger partial charge on any atom is 0.228 e. The predicted molar refractivity (Wildman–Crippen MR) is 98.0 cm³/mol. The lowest BCUT2D eigenvalue weighted by Crippen LogP contribution is -2.25. The molecule has 1 aliphatic heterocycles. The van der Waals surface area contributed by atoms with Crippen LogP contribution in [0.15, 0.2) is 30.3 Å². The van der Waals surface area contributed by atoms with Gasteiger partial charge in [0.25, 0.3) is 0 Å². The van der Waals surface area contributed by atoms with Crippen LogP contribution in [0, 0.1) is 5.92 Å². The SMILES string of the molecule is O=C(Nc1ccc(Nc2ccc3c(c2)OCCO3)nn1)C1CCCCC1. The molecule has 7 nitrogen and oxygen atoms in total.